The third-order valence-corrected chi connectivity index (χ3v) is 4.75. The molecule has 0 bridgehead atoms. The van der Waals surface area contributed by atoms with Crippen LogP contribution in [0.5, 0.6) is 0 Å². The van der Waals surface area contributed by atoms with Crippen LogP contribution in [0.25, 0.3) is 0 Å². The van der Waals surface area contributed by atoms with Crippen LogP contribution in [0.2, 0.25) is 0 Å². The highest BCUT2D eigenvalue weighted by Crippen LogP contribution is 2.32. The number of amides is 1. The summed E-state index contributed by atoms with van der Waals surface area (Å²) in [5.74, 6) is -0.643. The Morgan fingerprint density at radius 1 is 1.52 bits per heavy atom. The lowest BCUT2D eigenvalue weighted by Crippen LogP contribution is -2.36. The summed E-state index contributed by atoms with van der Waals surface area (Å²) in [6, 6.07) is 6.30. The number of fused-ring (bicyclic) bond motifs is 1. The fourth-order valence-electron chi connectivity index (χ4n) is 3.44. The Hall–Kier alpha value is -2.68. The van der Waals surface area contributed by atoms with E-state index >= 15 is 0 Å². The first-order valence-corrected chi connectivity index (χ1v) is 8.53. The predicted octanol–water partition coefficient (Wildman–Crippen LogP) is 2.90. The Bertz CT molecular complexity index is 836. The van der Waals surface area contributed by atoms with Gasteiger partial charge in [0.05, 0.1) is 23.2 Å². The highest BCUT2D eigenvalue weighted by molar-refractivity contribution is 5.84. The largest absolute Gasteiger partial charge is 0.338 e. The first-order chi connectivity index (χ1) is 12.0. The van der Waals surface area contributed by atoms with Crippen LogP contribution in [-0.4, -0.2) is 27.1 Å². The lowest BCUT2D eigenvalue weighted by molar-refractivity contribution is -0.133. The number of carbonyl (C=O) groups is 1. The number of carbonyl (C=O) groups excluding carboxylic acids is 1. The minimum Gasteiger partial charge on any atom is -0.338 e. The molecular formula is C19H21FN4O. The van der Waals surface area contributed by atoms with E-state index in [4.69, 9.17) is 5.26 Å². The Balaban J connectivity index is 1.82. The van der Waals surface area contributed by atoms with Crippen LogP contribution in [0.1, 0.15) is 48.1 Å². The van der Waals surface area contributed by atoms with Crippen molar-refractivity contribution in [1.82, 2.24) is 14.7 Å². The van der Waals surface area contributed by atoms with Crippen molar-refractivity contribution in [2.24, 2.45) is 7.05 Å². The smallest absolute Gasteiger partial charge is 0.230 e. The van der Waals surface area contributed by atoms with Crippen molar-refractivity contribution in [3.05, 3.63) is 52.6 Å². The van der Waals surface area contributed by atoms with Crippen LogP contribution in [-0.2, 0) is 24.8 Å². The standard InChI is InChI=1S/C19H21FN4O/c1-3-24(11-14-8-7-13(10-21)9-17(14)20)19(25)15-5-4-6-18-16(15)12-23(2)22-18/h7-9,12,15H,3-6,11H2,1-2H3. The number of hydrogen-bond acceptors (Lipinski definition) is 3. The molecule has 3 rings (SSSR count). The van der Waals surface area contributed by atoms with E-state index in [0.29, 0.717) is 12.1 Å². The summed E-state index contributed by atoms with van der Waals surface area (Å²) in [5, 5.41) is 13.3. The van der Waals surface area contributed by atoms with Gasteiger partial charge in [-0.2, -0.15) is 10.4 Å². The second-order valence-electron chi connectivity index (χ2n) is 6.42. The van der Waals surface area contributed by atoms with Gasteiger partial charge in [-0.3, -0.25) is 9.48 Å². The Morgan fingerprint density at radius 2 is 2.32 bits per heavy atom. The average Bonchev–Trinajstić information content (AvgIpc) is 3.00. The third kappa shape index (κ3) is 3.41. The number of halogens is 1. The second-order valence-corrected chi connectivity index (χ2v) is 6.42. The molecule has 0 saturated carbocycles. The second kappa shape index (κ2) is 7.06. The third-order valence-electron chi connectivity index (χ3n) is 4.75. The van der Waals surface area contributed by atoms with Crippen molar-refractivity contribution in [2.45, 2.75) is 38.6 Å². The lowest BCUT2D eigenvalue weighted by atomic mass is 9.86. The molecule has 2 aromatic rings. The number of nitriles is 1. The zero-order valence-corrected chi connectivity index (χ0v) is 14.5. The van der Waals surface area contributed by atoms with Crippen molar-refractivity contribution in [1.29, 1.82) is 5.26 Å². The fourth-order valence-corrected chi connectivity index (χ4v) is 3.44. The summed E-state index contributed by atoms with van der Waals surface area (Å²) in [6.07, 6.45) is 4.55. The SMILES string of the molecule is CCN(Cc1ccc(C#N)cc1F)C(=O)C1CCCc2nn(C)cc21. The van der Waals surface area contributed by atoms with Gasteiger partial charge in [-0.15, -0.1) is 0 Å². The van der Waals surface area contributed by atoms with E-state index in [1.54, 1.807) is 21.7 Å². The summed E-state index contributed by atoms with van der Waals surface area (Å²) in [5.41, 5.74) is 2.70. The van der Waals surface area contributed by atoms with Crippen LogP contribution in [0.15, 0.2) is 24.4 Å². The fraction of sp³-hybridized carbons (Fsp3) is 0.421. The molecule has 0 aliphatic heterocycles. The predicted molar refractivity (Wildman–Crippen MR) is 91.1 cm³/mol. The zero-order chi connectivity index (χ0) is 18.0. The molecule has 0 N–H and O–H groups in total. The molecule has 0 radical (unpaired) electrons. The van der Waals surface area contributed by atoms with E-state index in [1.165, 1.54) is 6.07 Å². The molecule has 1 aliphatic rings. The van der Waals surface area contributed by atoms with E-state index in [9.17, 15) is 9.18 Å². The van der Waals surface area contributed by atoms with Gasteiger partial charge in [0.15, 0.2) is 0 Å². The van der Waals surface area contributed by atoms with Gasteiger partial charge in [0.2, 0.25) is 5.91 Å². The summed E-state index contributed by atoms with van der Waals surface area (Å²) < 4.78 is 15.9. The number of aryl methyl sites for hydroxylation is 2. The number of nitrogens with zero attached hydrogens (tertiary/aromatic N) is 4. The molecule has 1 unspecified atom stereocenters. The molecule has 1 heterocycles. The van der Waals surface area contributed by atoms with Crippen molar-refractivity contribution in [3.8, 4) is 6.07 Å². The molecule has 0 fully saturated rings. The van der Waals surface area contributed by atoms with E-state index in [0.717, 1.165) is 30.5 Å². The molecule has 0 saturated heterocycles. The maximum Gasteiger partial charge on any atom is 0.230 e. The van der Waals surface area contributed by atoms with Gasteiger partial charge >= 0.3 is 0 Å². The van der Waals surface area contributed by atoms with Gasteiger partial charge in [-0.25, -0.2) is 4.39 Å². The van der Waals surface area contributed by atoms with E-state index in [-0.39, 0.29) is 23.9 Å². The van der Waals surface area contributed by atoms with Crippen LogP contribution in [0, 0.1) is 17.1 Å². The normalized spacial score (nSPS) is 16.2. The van der Waals surface area contributed by atoms with Gasteiger partial charge in [0, 0.05) is 37.5 Å². The van der Waals surface area contributed by atoms with Gasteiger partial charge in [0.1, 0.15) is 5.82 Å². The van der Waals surface area contributed by atoms with Crippen LogP contribution in [0.4, 0.5) is 4.39 Å². The zero-order valence-electron chi connectivity index (χ0n) is 14.5. The molecule has 0 spiro atoms. The molecule has 1 aliphatic carbocycles. The molecular weight excluding hydrogens is 319 g/mol. The lowest BCUT2D eigenvalue weighted by Gasteiger charge is -2.28. The highest BCUT2D eigenvalue weighted by Gasteiger charge is 2.31. The molecule has 5 nitrogen and oxygen atoms in total. The highest BCUT2D eigenvalue weighted by atomic mass is 19.1. The Morgan fingerprint density at radius 3 is 3.00 bits per heavy atom. The maximum absolute atomic E-state index is 14.2. The summed E-state index contributed by atoms with van der Waals surface area (Å²) in [6.45, 7) is 2.61. The molecule has 130 valence electrons. The summed E-state index contributed by atoms with van der Waals surface area (Å²) >= 11 is 0. The Kier molecular flexibility index (Phi) is 4.84. The molecule has 1 atom stereocenters. The van der Waals surface area contributed by atoms with Gasteiger partial charge < -0.3 is 4.90 Å². The van der Waals surface area contributed by atoms with Crippen LogP contribution >= 0.6 is 0 Å². The topological polar surface area (TPSA) is 61.9 Å². The van der Waals surface area contributed by atoms with Gasteiger partial charge in [-0.1, -0.05) is 6.07 Å². The van der Waals surface area contributed by atoms with E-state index in [2.05, 4.69) is 5.10 Å². The molecule has 1 aromatic carbocycles. The number of aromatic nitrogens is 2. The number of likely N-dealkylation sites (N-methyl/N-ethyl adjacent to an activating group) is 1. The van der Waals surface area contributed by atoms with Crippen molar-refractivity contribution < 1.29 is 9.18 Å². The van der Waals surface area contributed by atoms with Crippen molar-refractivity contribution >= 4 is 5.91 Å². The van der Waals surface area contributed by atoms with Crippen LogP contribution in [0.3, 0.4) is 0 Å². The molecule has 1 amide bonds. The van der Waals surface area contributed by atoms with Gasteiger partial charge in [-0.05, 0) is 38.3 Å². The van der Waals surface area contributed by atoms with E-state index < -0.39 is 5.82 Å². The first-order valence-electron chi connectivity index (χ1n) is 8.53. The number of benzene rings is 1. The van der Waals surface area contributed by atoms with Crippen molar-refractivity contribution in [3.63, 3.8) is 0 Å². The van der Waals surface area contributed by atoms with Gasteiger partial charge in [0.25, 0.3) is 0 Å². The quantitative estimate of drug-likeness (QED) is 0.860. The van der Waals surface area contributed by atoms with Crippen LogP contribution < -0.4 is 0 Å². The Labute approximate surface area is 146 Å². The summed E-state index contributed by atoms with van der Waals surface area (Å²) in [4.78, 5) is 14.7. The first kappa shape index (κ1) is 17.2. The minimum atomic E-state index is -0.448. The molecule has 1 aromatic heterocycles. The molecule has 25 heavy (non-hydrogen) atoms. The maximum atomic E-state index is 14.2. The number of hydrogen-bond donors (Lipinski definition) is 0. The monoisotopic (exact) mass is 340 g/mol. The van der Waals surface area contributed by atoms with Crippen molar-refractivity contribution in [2.75, 3.05) is 6.54 Å². The minimum absolute atomic E-state index is 0.0141. The average molecular weight is 340 g/mol. The van der Waals surface area contributed by atoms with E-state index in [1.807, 2.05) is 26.2 Å². The molecule has 6 heteroatoms. The number of rotatable bonds is 4. The summed E-state index contributed by atoms with van der Waals surface area (Å²) in [7, 11) is 1.86.